The van der Waals surface area contributed by atoms with Crippen LogP contribution in [0.15, 0.2) is 72.8 Å². The van der Waals surface area contributed by atoms with Crippen molar-refractivity contribution in [1.29, 1.82) is 0 Å². The smallest absolute Gasteiger partial charge is 0.224 e. The molecule has 2 heterocycles. The Balaban J connectivity index is 1.64. The number of allylic oxidation sites excluding steroid dienone is 4. The second-order valence-electron chi connectivity index (χ2n) is 8.37. The maximum atomic E-state index is 10.3. The Bertz CT molecular complexity index is 926. The molecule has 0 amide bonds. The molecule has 0 spiro atoms. The van der Waals surface area contributed by atoms with E-state index in [-0.39, 0.29) is 5.75 Å². The third-order valence-electron chi connectivity index (χ3n) is 5.73. The molecular formula is C25H35N5O2. The molecule has 7 heteroatoms. The number of ether oxygens (including phenoxy) is 1. The van der Waals surface area contributed by atoms with Gasteiger partial charge in [0.1, 0.15) is 12.0 Å². The normalized spacial score (nSPS) is 20.3. The molecule has 2 aliphatic rings. The number of nitrogens with two attached hydrogens (primary N) is 1. The van der Waals surface area contributed by atoms with E-state index < -0.39 is 6.35 Å². The van der Waals surface area contributed by atoms with E-state index in [1.807, 2.05) is 18.2 Å². The van der Waals surface area contributed by atoms with Crippen LogP contribution in [-0.2, 0) is 4.74 Å². The molecule has 2 aliphatic heterocycles. The van der Waals surface area contributed by atoms with E-state index in [4.69, 9.17) is 10.5 Å². The van der Waals surface area contributed by atoms with Crippen LogP contribution >= 0.6 is 0 Å². The molecule has 1 fully saturated rings. The van der Waals surface area contributed by atoms with E-state index >= 15 is 0 Å². The van der Waals surface area contributed by atoms with Gasteiger partial charge in [-0.15, -0.1) is 0 Å². The number of phenolic OH excluding ortho intramolecular Hbond substituents is 1. The Labute approximate surface area is 191 Å². The first-order valence-corrected chi connectivity index (χ1v) is 10.9. The minimum atomic E-state index is -0.595. The van der Waals surface area contributed by atoms with Gasteiger partial charge in [0, 0.05) is 12.6 Å². The number of benzene rings is 1. The van der Waals surface area contributed by atoms with Gasteiger partial charge in [-0.25, -0.2) is 0 Å². The number of likely N-dealkylation sites (tertiary alicyclic amines) is 1. The molecule has 0 aromatic heterocycles. The highest BCUT2D eigenvalue weighted by Gasteiger charge is 2.17. The number of phenols is 1. The number of hydrogen-bond donors (Lipinski definition) is 5. The second-order valence-corrected chi connectivity index (χ2v) is 8.37. The number of nitrogens with zero attached hydrogens (tertiary/aromatic N) is 1. The summed E-state index contributed by atoms with van der Waals surface area (Å²) in [5.74, 6) is 0.121. The van der Waals surface area contributed by atoms with Crippen LogP contribution in [0.25, 0.3) is 5.57 Å². The van der Waals surface area contributed by atoms with Gasteiger partial charge in [0.2, 0.25) is 6.35 Å². The molecule has 172 valence electrons. The summed E-state index contributed by atoms with van der Waals surface area (Å²) in [5, 5.41) is 20.0. The largest absolute Gasteiger partial charge is 0.506 e. The summed E-state index contributed by atoms with van der Waals surface area (Å²) in [6.45, 7) is 13.2. The molecule has 1 atom stereocenters. The predicted molar refractivity (Wildman–Crippen MR) is 132 cm³/mol. The highest BCUT2D eigenvalue weighted by molar-refractivity contribution is 5.78. The van der Waals surface area contributed by atoms with Crippen molar-refractivity contribution in [3.63, 3.8) is 0 Å². The van der Waals surface area contributed by atoms with Crippen molar-refractivity contribution in [3.8, 4) is 5.75 Å². The van der Waals surface area contributed by atoms with Crippen LogP contribution in [0.4, 0.5) is 5.69 Å². The first-order valence-electron chi connectivity index (χ1n) is 10.9. The van der Waals surface area contributed by atoms with Crippen molar-refractivity contribution in [1.82, 2.24) is 15.5 Å². The molecule has 1 saturated heterocycles. The van der Waals surface area contributed by atoms with Gasteiger partial charge in [-0.2, -0.15) is 0 Å². The SMILES string of the molecule is C=C/C(=C\C=C(/C)CNC1CCN(C)CC1)c1ccc(O)c(NC(=C)C2=COC(N)N2)c1. The molecule has 32 heavy (non-hydrogen) atoms. The lowest BCUT2D eigenvalue weighted by atomic mass is 10.0. The van der Waals surface area contributed by atoms with Gasteiger partial charge in [-0.3, -0.25) is 5.73 Å². The van der Waals surface area contributed by atoms with Gasteiger partial charge in [-0.1, -0.05) is 43.0 Å². The summed E-state index contributed by atoms with van der Waals surface area (Å²) in [6.07, 6.45) is 9.27. The van der Waals surface area contributed by atoms with Crippen molar-refractivity contribution >= 4 is 11.3 Å². The minimum Gasteiger partial charge on any atom is -0.506 e. The standard InChI is InChI=1S/C25H35N5O2/c1-5-19(7-6-17(2)15-27-21-10-12-30(4)13-11-21)20-8-9-24(31)22(14-20)28-18(3)23-16-32-25(26)29-23/h5-9,14,16,21,25,27-29,31H,1,3,10-13,15,26H2,2,4H3/b17-6+,19-7+. The van der Waals surface area contributed by atoms with E-state index in [1.165, 1.54) is 24.7 Å². The van der Waals surface area contributed by atoms with Crippen LogP contribution in [0.3, 0.4) is 0 Å². The molecule has 7 nitrogen and oxygen atoms in total. The second kappa shape index (κ2) is 11.0. The zero-order valence-corrected chi connectivity index (χ0v) is 19.0. The fourth-order valence-corrected chi connectivity index (χ4v) is 3.66. The van der Waals surface area contributed by atoms with E-state index in [2.05, 4.69) is 60.1 Å². The van der Waals surface area contributed by atoms with Gasteiger partial charge in [-0.05, 0) is 63.2 Å². The van der Waals surface area contributed by atoms with Crippen LogP contribution in [0.2, 0.25) is 0 Å². The highest BCUT2D eigenvalue weighted by atomic mass is 16.5. The molecule has 3 rings (SSSR count). The number of anilines is 1. The summed E-state index contributed by atoms with van der Waals surface area (Å²) in [4.78, 5) is 2.37. The molecule has 0 saturated carbocycles. The van der Waals surface area contributed by atoms with Crippen molar-refractivity contribution in [2.45, 2.75) is 32.2 Å². The Morgan fingerprint density at radius 1 is 1.34 bits per heavy atom. The van der Waals surface area contributed by atoms with Crippen molar-refractivity contribution in [3.05, 3.63) is 78.4 Å². The summed E-state index contributed by atoms with van der Waals surface area (Å²) in [6, 6.07) is 5.97. The topological polar surface area (TPSA) is 94.8 Å². The minimum absolute atomic E-state index is 0.121. The average molecular weight is 438 g/mol. The molecule has 6 N–H and O–H groups in total. The Kier molecular flexibility index (Phi) is 8.16. The summed E-state index contributed by atoms with van der Waals surface area (Å²) in [5.41, 5.74) is 10.5. The molecule has 0 aliphatic carbocycles. The number of hydrogen-bond acceptors (Lipinski definition) is 7. The molecule has 0 radical (unpaired) electrons. The van der Waals surface area contributed by atoms with Gasteiger partial charge in [0.25, 0.3) is 0 Å². The molecule has 1 aromatic rings. The zero-order chi connectivity index (χ0) is 23.1. The summed E-state index contributed by atoms with van der Waals surface area (Å²) >= 11 is 0. The lowest BCUT2D eigenvalue weighted by molar-refractivity contribution is 0.159. The third-order valence-corrected chi connectivity index (χ3v) is 5.73. The van der Waals surface area contributed by atoms with Crippen LogP contribution in [0.5, 0.6) is 5.75 Å². The number of rotatable bonds is 9. The monoisotopic (exact) mass is 437 g/mol. The Morgan fingerprint density at radius 3 is 2.75 bits per heavy atom. The van der Waals surface area contributed by atoms with Crippen LogP contribution in [0, 0.1) is 0 Å². The lowest BCUT2D eigenvalue weighted by Crippen LogP contribution is -2.41. The Morgan fingerprint density at radius 2 is 2.09 bits per heavy atom. The Hall–Kier alpha value is -3.00. The molecular weight excluding hydrogens is 402 g/mol. The highest BCUT2D eigenvalue weighted by Crippen LogP contribution is 2.30. The average Bonchev–Trinajstić information content (AvgIpc) is 3.22. The van der Waals surface area contributed by atoms with Crippen LogP contribution in [-0.4, -0.2) is 49.1 Å². The maximum absolute atomic E-state index is 10.3. The van der Waals surface area contributed by atoms with Gasteiger partial charge in [0.15, 0.2) is 0 Å². The number of piperidine rings is 1. The fourth-order valence-electron chi connectivity index (χ4n) is 3.66. The van der Waals surface area contributed by atoms with E-state index in [9.17, 15) is 5.11 Å². The first kappa shape index (κ1) is 23.7. The van der Waals surface area contributed by atoms with Gasteiger partial charge >= 0.3 is 0 Å². The predicted octanol–water partition coefficient (Wildman–Crippen LogP) is 3.22. The molecule has 1 aromatic carbocycles. The summed E-state index contributed by atoms with van der Waals surface area (Å²) in [7, 11) is 2.18. The third kappa shape index (κ3) is 6.50. The fraction of sp³-hybridized carbons (Fsp3) is 0.360. The van der Waals surface area contributed by atoms with Crippen molar-refractivity contribution in [2.24, 2.45) is 5.73 Å². The molecule has 1 unspecified atom stereocenters. The van der Waals surface area contributed by atoms with Gasteiger partial charge in [0.05, 0.1) is 17.1 Å². The van der Waals surface area contributed by atoms with E-state index in [0.29, 0.717) is 23.1 Å². The quantitative estimate of drug-likeness (QED) is 0.299. The van der Waals surface area contributed by atoms with Crippen LogP contribution < -0.4 is 21.7 Å². The van der Waals surface area contributed by atoms with Gasteiger partial charge < -0.3 is 30.7 Å². The first-order chi connectivity index (χ1) is 15.4. The molecule has 0 bridgehead atoms. The van der Waals surface area contributed by atoms with E-state index in [0.717, 1.165) is 30.8 Å². The van der Waals surface area contributed by atoms with E-state index in [1.54, 1.807) is 6.07 Å². The lowest BCUT2D eigenvalue weighted by Gasteiger charge is -2.29. The summed E-state index contributed by atoms with van der Waals surface area (Å²) < 4.78 is 5.16. The van der Waals surface area contributed by atoms with Crippen molar-refractivity contribution in [2.75, 3.05) is 32.0 Å². The number of nitrogens with one attached hydrogen (secondary N) is 3. The van der Waals surface area contributed by atoms with Crippen molar-refractivity contribution < 1.29 is 9.84 Å². The van der Waals surface area contributed by atoms with Crippen LogP contribution in [0.1, 0.15) is 25.3 Å². The zero-order valence-electron chi connectivity index (χ0n) is 19.0. The maximum Gasteiger partial charge on any atom is 0.224 e. The number of aromatic hydroxyl groups is 1.